The van der Waals surface area contributed by atoms with Gasteiger partial charge < -0.3 is 9.47 Å². The van der Waals surface area contributed by atoms with Crippen molar-refractivity contribution in [3.63, 3.8) is 0 Å². The van der Waals surface area contributed by atoms with Crippen molar-refractivity contribution in [2.45, 2.75) is 19.3 Å². The van der Waals surface area contributed by atoms with Gasteiger partial charge in [0.05, 0.1) is 12.2 Å². The van der Waals surface area contributed by atoms with Crippen LogP contribution in [0.5, 0.6) is 0 Å². The van der Waals surface area contributed by atoms with Crippen LogP contribution in [-0.2, 0) is 24.4 Å². The van der Waals surface area contributed by atoms with E-state index in [1.807, 2.05) is 6.07 Å². The van der Waals surface area contributed by atoms with Crippen molar-refractivity contribution in [2.75, 3.05) is 19.0 Å². The van der Waals surface area contributed by atoms with Crippen LogP contribution >= 0.6 is 67.8 Å². The highest BCUT2D eigenvalue weighted by molar-refractivity contribution is 14.1. The first-order chi connectivity index (χ1) is 11.6. The highest BCUT2D eigenvalue weighted by Crippen LogP contribution is 2.23. The van der Waals surface area contributed by atoms with Crippen LogP contribution in [0.2, 0.25) is 0 Å². The van der Waals surface area contributed by atoms with Crippen LogP contribution in [-0.4, -0.2) is 43.9 Å². The van der Waals surface area contributed by atoms with E-state index in [0.717, 1.165) is 10.7 Å². The first-order valence-corrected chi connectivity index (χ1v) is 11.9. The van der Waals surface area contributed by atoms with Gasteiger partial charge in [0.25, 0.3) is 10.1 Å². The molecule has 0 spiro atoms. The van der Waals surface area contributed by atoms with E-state index in [0.29, 0.717) is 18.4 Å². The molecule has 0 aliphatic carbocycles. The lowest BCUT2D eigenvalue weighted by Gasteiger charge is -2.08. The molecule has 0 heterocycles. The van der Waals surface area contributed by atoms with Crippen molar-refractivity contribution in [2.24, 2.45) is 0 Å². The summed E-state index contributed by atoms with van der Waals surface area (Å²) in [5.41, 5.74) is 0.515. The summed E-state index contributed by atoms with van der Waals surface area (Å²) in [5.74, 6) is -1.59. The summed E-state index contributed by atoms with van der Waals surface area (Å²) in [6.45, 7) is -0.203. The lowest BCUT2D eigenvalue weighted by molar-refractivity contribution is -0.143. The molecule has 0 aliphatic rings. The number of esters is 2. The lowest BCUT2D eigenvalue weighted by Crippen LogP contribution is -2.14. The highest BCUT2D eigenvalue weighted by Gasteiger charge is 2.15. The molecule has 1 rings (SSSR count). The van der Waals surface area contributed by atoms with E-state index in [1.54, 1.807) is 6.07 Å². The molecule has 11 heteroatoms. The highest BCUT2D eigenvalue weighted by atomic mass is 127. The fourth-order valence-corrected chi connectivity index (χ4v) is 4.32. The molecule has 7 nitrogen and oxygen atoms in total. The van der Waals surface area contributed by atoms with Gasteiger partial charge in [-0.25, -0.2) is 4.79 Å². The Bertz CT molecular complexity index is 734. The maximum atomic E-state index is 12.1. The number of benzene rings is 1. The number of halogens is 3. The predicted octanol–water partition coefficient (Wildman–Crippen LogP) is 3.26. The normalized spacial score (nSPS) is 11.2. The molecule has 1 aromatic rings. The lowest BCUT2D eigenvalue weighted by atomic mass is 10.2. The Kier molecular flexibility index (Phi) is 10.4. The summed E-state index contributed by atoms with van der Waals surface area (Å²) in [7, 11) is -4.13. The van der Waals surface area contributed by atoms with Gasteiger partial charge in [-0.15, -0.1) is 0 Å². The summed E-state index contributed by atoms with van der Waals surface area (Å²) in [5, 5.41) is 0. The molecular formula is C14H15I3O7S. The van der Waals surface area contributed by atoms with Crippen LogP contribution in [0.1, 0.15) is 29.6 Å². The first-order valence-electron chi connectivity index (χ1n) is 7.02. The van der Waals surface area contributed by atoms with Crippen molar-refractivity contribution in [3.8, 4) is 0 Å². The van der Waals surface area contributed by atoms with Crippen molar-refractivity contribution in [3.05, 3.63) is 28.4 Å². The molecule has 25 heavy (non-hydrogen) atoms. The van der Waals surface area contributed by atoms with Crippen LogP contribution in [0.15, 0.2) is 12.1 Å². The van der Waals surface area contributed by atoms with Gasteiger partial charge in [-0.3, -0.25) is 9.35 Å². The zero-order chi connectivity index (χ0) is 19.0. The maximum absolute atomic E-state index is 12.1. The summed E-state index contributed by atoms with van der Waals surface area (Å²) in [6.07, 6.45) is 1.01. The molecule has 0 aromatic heterocycles. The van der Waals surface area contributed by atoms with Crippen LogP contribution in [0.3, 0.4) is 0 Å². The topological polar surface area (TPSA) is 107 Å². The van der Waals surface area contributed by atoms with Gasteiger partial charge in [-0.2, -0.15) is 8.42 Å². The SMILES string of the molecule is O=C(CCCCOC(=O)c1cc(I)cc(I)c1I)OCCS(=O)(=O)O. The quantitative estimate of drug-likeness (QED) is 0.138. The van der Waals surface area contributed by atoms with Gasteiger partial charge >= 0.3 is 11.9 Å². The molecule has 0 amide bonds. The number of carbonyl (C=O) groups is 2. The average molecular weight is 708 g/mol. The van der Waals surface area contributed by atoms with E-state index in [9.17, 15) is 18.0 Å². The molecule has 0 aliphatic heterocycles. The van der Waals surface area contributed by atoms with Gasteiger partial charge in [0, 0.05) is 17.1 Å². The van der Waals surface area contributed by atoms with Gasteiger partial charge in [-0.05, 0) is 92.7 Å². The third-order valence-corrected chi connectivity index (χ3v) is 7.18. The second kappa shape index (κ2) is 11.2. The largest absolute Gasteiger partial charge is 0.464 e. The molecule has 0 unspecified atom stereocenters. The maximum Gasteiger partial charge on any atom is 0.339 e. The summed E-state index contributed by atoms with van der Waals surface area (Å²) >= 11 is 6.39. The van der Waals surface area contributed by atoms with E-state index in [4.69, 9.17) is 9.29 Å². The van der Waals surface area contributed by atoms with Crippen molar-refractivity contribution in [1.82, 2.24) is 0 Å². The van der Waals surface area contributed by atoms with Crippen LogP contribution in [0.4, 0.5) is 0 Å². The fourth-order valence-electron chi connectivity index (χ4n) is 1.65. The summed E-state index contributed by atoms with van der Waals surface area (Å²) in [6, 6.07) is 3.73. The van der Waals surface area contributed by atoms with Crippen LogP contribution in [0, 0.1) is 10.7 Å². The minimum Gasteiger partial charge on any atom is -0.464 e. The molecule has 0 atom stereocenters. The fraction of sp³-hybridized carbons (Fsp3) is 0.429. The zero-order valence-corrected chi connectivity index (χ0v) is 20.1. The van der Waals surface area contributed by atoms with Crippen molar-refractivity contribution in [1.29, 1.82) is 0 Å². The molecule has 0 fully saturated rings. The number of carbonyl (C=O) groups excluding carboxylic acids is 2. The van der Waals surface area contributed by atoms with Crippen LogP contribution in [0.25, 0.3) is 0 Å². The second-order valence-corrected chi connectivity index (χ2v) is 9.91. The Morgan fingerprint density at radius 2 is 1.72 bits per heavy atom. The van der Waals surface area contributed by atoms with Crippen LogP contribution < -0.4 is 0 Å². The van der Waals surface area contributed by atoms with Crippen molar-refractivity contribution < 1.29 is 32.0 Å². The average Bonchev–Trinajstić information content (AvgIpc) is 2.49. The van der Waals surface area contributed by atoms with Gasteiger partial charge in [-0.1, -0.05) is 0 Å². The number of unbranched alkanes of at least 4 members (excludes halogenated alkanes) is 1. The predicted molar refractivity (Wildman–Crippen MR) is 116 cm³/mol. The van der Waals surface area contributed by atoms with E-state index in [2.05, 4.69) is 72.5 Å². The number of hydrogen-bond acceptors (Lipinski definition) is 6. The molecular weight excluding hydrogens is 693 g/mol. The zero-order valence-electron chi connectivity index (χ0n) is 12.8. The van der Waals surface area contributed by atoms with E-state index in [1.165, 1.54) is 0 Å². The summed E-state index contributed by atoms with van der Waals surface area (Å²) < 4.78 is 42.1. The minimum absolute atomic E-state index is 0.0850. The van der Waals surface area contributed by atoms with E-state index >= 15 is 0 Å². The Morgan fingerprint density at radius 1 is 1.04 bits per heavy atom. The van der Waals surface area contributed by atoms with Gasteiger partial charge in [0.2, 0.25) is 0 Å². The minimum atomic E-state index is -4.13. The molecule has 0 saturated carbocycles. The number of ether oxygens (including phenoxy) is 2. The van der Waals surface area contributed by atoms with E-state index in [-0.39, 0.29) is 19.6 Å². The smallest absolute Gasteiger partial charge is 0.339 e. The molecule has 140 valence electrons. The molecule has 1 aromatic carbocycles. The number of hydrogen-bond donors (Lipinski definition) is 1. The summed E-state index contributed by atoms with van der Waals surface area (Å²) in [4.78, 5) is 23.5. The third kappa shape index (κ3) is 9.67. The van der Waals surface area contributed by atoms with Crippen molar-refractivity contribution >= 4 is 89.8 Å². The Morgan fingerprint density at radius 3 is 2.36 bits per heavy atom. The van der Waals surface area contributed by atoms with Gasteiger partial charge in [0.1, 0.15) is 12.4 Å². The monoisotopic (exact) mass is 708 g/mol. The molecule has 1 N–H and O–H groups in total. The Labute approximate surface area is 186 Å². The standard InChI is InChI=1S/C14H15I3O7S/c15-9-7-10(13(17)11(16)8-9)14(19)24-4-2-1-3-12(18)23-5-6-25(20,21)22/h7-8H,1-6H2,(H,20,21,22). The number of rotatable bonds is 9. The molecule has 0 bridgehead atoms. The second-order valence-electron chi connectivity index (χ2n) is 4.85. The van der Waals surface area contributed by atoms with E-state index < -0.39 is 27.8 Å². The third-order valence-electron chi connectivity index (χ3n) is 2.83. The van der Waals surface area contributed by atoms with Gasteiger partial charge in [0.15, 0.2) is 0 Å². The first kappa shape index (κ1) is 23.3. The molecule has 0 radical (unpaired) electrons. The Balaban J connectivity index is 2.28. The Hall–Kier alpha value is 0.260. The molecule has 0 saturated heterocycles.